The number of aliphatic hydroxyl groups is 1. The van der Waals surface area contributed by atoms with Crippen LogP contribution in [0.4, 0.5) is 4.39 Å². The highest BCUT2D eigenvalue weighted by molar-refractivity contribution is 5.70. The first kappa shape index (κ1) is 29.2. The van der Waals surface area contributed by atoms with Gasteiger partial charge in [0, 0.05) is 18.0 Å². The van der Waals surface area contributed by atoms with E-state index in [0.29, 0.717) is 59.5 Å². The summed E-state index contributed by atoms with van der Waals surface area (Å²) in [7, 11) is 0. The summed E-state index contributed by atoms with van der Waals surface area (Å²) < 4.78 is 30.7. The fourth-order valence-corrected chi connectivity index (χ4v) is 6.46. The van der Waals surface area contributed by atoms with Crippen molar-refractivity contribution in [2.75, 3.05) is 13.2 Å². The molecule has 1 N–H and O–H groups in total. The van der Waals surface area contributed by atoms with Crippen molar-refractivity contribution in [1.82, 2.24) is 19.2 Å². The van der Waals surface area contributed by atoms with Crippen LogP contribution in [0.1, 0.15) is 74.4 Å². The number of benzene rings is 2. The SMILES string of the molecule is CCCc1c(Cc2ccc(-c3ccccc3C#N)cc2F)c(=O)n(C2CCC(O[C@H]3COC[C@@]3(C)O)CC2)c2ncnn12. The predicted octanol–water partition coefficient (Wildman–Crippen LogP) is 4.76. The first-order valence-corrected chi connectivity index (χ1v) is 15.0. The Kier molecular flexibility index (Phi) is 8.14. The minimum absolute atomic E-state index is 0.0309. The lowest BCUT2D eigenvalue weighted by Gasteiger charge is -2.34. The lowest BCUT2D eigenvalue weighted by atomic mass is 9.91. The Hall–Kier alpha value is -3.91. The molecule has 0 unspecified atom stereocenters. The van der Waals surface area contributed by atoms with Crippen LogP contribution in [-0.4, -0.2) is 55.3 Å². The van der Waals surface area contributed by atoms with Crippen molar-refractivity contribution in [2.45, 2.75) is 82.6 Å². The molecule has 1 aliphatic carbocycles. The van der Waals surface area contributed by atoms with E-state index >= 15 is 4.39 Å². The summed E-state index contributed by atoms with van der Waals surface area (Å²) in [6.45, 7) is 4.40. The number of nitrogens with zero attached hydrogens (tertiary/aromatic N) is 5. The van der Waals surface area contributed by atoms with Crippen LogP contribution < -0.4 is 5.56 Å². The van der Waals surface area contributed by atoms with Gasteiger partial charge in [-0.2, -0.15) is 15.3 Å². The van der Waals surface area contributed by atoms with Gasteiger partial charge in [-0.15, -0.1) is 0 Å². The first-order chi connectivity index (χ1) is 20.8. The van der Waals surface area contributed by atoms with Crippen molar-refractivity contribution in [1.29, 1.82) is 5.26 Å². The van der Waals surface area contributed by atoms with Crippen LogP contribution in [0.15, 0.2) is 53.6 Å². The van der Waals surface area contributed by atoms with E-state index in [2.05, 4.69) is 16.2 Å². The van der Waals surface area contributed by atoms with Gasteiger partial charge in [-0.05, 0) is 67.9 Å². The molecule has 1 aliphatic heterocycles. The van der Waals surface area contributed by atoms with Crippen LogP contribution in [0.3, 0.4) is 0 Å². The summed E-state index contributed by atoms with van der Waals surface area (Å²) >= 11 is 0. The first-order valence-electron chi connectivity index (χ1n) is 15.0. The summed E-state index contributed by atoms with van der Waals surface area (Å²) in [6, 6.07) is 14.1. The fourth-order valence-electron chi connectivity index (χ4n) is 6.46. The van der Waals surface area contributed by atoms with Gasteiger partial charge in [0.1, 0.15) is 23.8 Å². The largest absolute Gasteiger partial charge is 0.385 e. The Morgan fingerprint density at radius 1 is 1.21 bits per heavy atom. The Morgan fingerprint density at radius 2 is 2.00 bits per heavy atom. The molecule has 43 heavy (non-hydrogen) atoms. The summed E-state index contributed by atoms with van der Waals surface area (Å²) in [5.74, 6) is 0.0689. The topological polar surface area (TPSA) is 115 Å². The van der Waals surface area contributed by atoms with E-state index in [1.807, 2.05) is 13.0 Å². The molecule has 2 aromatic heterocycles. The van der Waals surface area contributed by atoms with Crippen molar-refractivity contribution in [3.8, 4) is 17.2 Å². The van der Waals surface area contributed by atoms with E-state index < -0.39 is 11.4 Å². The number of hydrogen-bond acceptors (Lipinski definition) is 7. The molecule has 2 aliphatic rings. The Bertz CT molecular complexity index is 1730. The van der Waals surface area contributed by atoms with E-state index in [4.69, 9.17) is 9.47 Å². The minimum atomic E-state index is -1.00. The number of aromatic nitrogens is 4. The van der Waals surface area contributed by atoms with Crippen molar-refractivity contribution >= 4 is 5.78 Å². The highest BCUT2D eigenvalue weighted by atomic mass is 19.1. The predicted molar refractivity (Wildman–Crippen MR) is 158 cm³/mol. The van der Waals surface area contributed by atoms with Crippen LogP contribution >= 0.6 is 0 Å². The molecule has 0 bridgehead atoms. The van der Waals surface area contributed by atoms with Crippen LogP contribution in [-0.2, 0) is 22.3 Å². The average molecular weight is 586 g/mol. The highest BCUT2D eigenvalue weighted by Gasteiger charge is 2.41. The normalized spacial score (nSPS) is 23.9. The zero-order chi connectivity index (χ0) is 30.1. The standard InChI is InChI=1S/C33H36FN5O4/c1-3-6-29-27(15-22-10-9-21(16-28(22)34)26-8-5-4-7-23(26)17-35)31(40)38(32-36-20-37-39(29)32)24-11-13-25(14-12-24)43-30-18-42-19-33(30,2)41/h4-5,7-10,16,20,24-25,30,41H,3,6,11-15,18-19H2,1-2H3/t24?,25?,30-,33+/m0/s1. The van der Waals surface area contributed by atoms with Gasteiger partial charge >= 0.3 is 0 Å². The van der Waals surface area contributed by atoms with Gasteiger partial charge in [-0.25, -0.2) is 8.91 Å². The Balaban J connectivity index is 1.31. The van der Waals surface area contributed by atoms with Crippen LogP contribution in [0, 0.1) is 17.1 Å². The summed E-state index contributed by atoms with van der Waals surface area (Å²) in [5, 5.41) is 24.5. The molecule has 2 atom stereocenters. The third-order valence-electron chi connectivity index (χ3n) is 8.81. The number of ether oxygens (including phenoxy) is 2. The highest BCUT2D eigenvalue weighted by Crippen LogP contribution is 2.34. The maximum atomic E-state index is 15.6. The lowest BCUT2D eigenvalue weighted by Crippen LogP contribution is -2.43. The molecule has 0 radical (unpaired) electrons. The van der Waals surface area contributed by atoms with Crippen molar-refractivity contribution in [3.63, 3.8) is 0 Å². The number of nitriles is 1. The zero-order valence-electron chi connectivity index (χ0n) is 24.5. The lowest BCUT2D eigenvalue weighted by molar-refractivity contribution is -0.109. The number of halogens is 1. The summed E-state index contributed by atoms with van der Waals surface area (Å²) in [4.78, 5) is 18.7. The molecule has 1 saturated carbocycles. The molecular weight excluding hydrogens is 549 g/mol. The van der Waals surface area contributed by atoms with Crippen LogP contribution in [0.5, 0.6) is 0 Å². The number of aryl methyl sites for hydroxylation is 1. The van der Waals surface area contributed by atoms with Gasteiger partial charge in [0.15, 0.2) is 0 Å². The molecule has 10 heteroatoms. The Morgan fingerprint density at radius 3 is 2.70 bits per heavy atom. The summed E-state index contributed by atoms with van der Waals surface area (Å²) in [5.41, 5.74) is 2.24. The molecule has 2 fully saturated rings. The van der Waals surface area contributed by atoms with Gasteiger partial charge < -0.3 is 14.6 Å². The Labute approximate surface area is 249 Å². The minimum Gasteiger partial charge on any atom is -0.385 e. The molecule has 9 nitrogen and oxygen atoms in total. The molecule has 1 saturated heterocycles. The third-order valence-corrected chi connectivity index (χ3v) is 8.81. The smallest absolute Gasteiger partial charge is 0.259 e. The number of rotatable bonds is 8. The van der Waals surface area contributed by atoms with Gasteiger partial charge in [0.25, 0.3) is 5.56 Å². The van der Waals surface area contributed by atoms with Gasteiger partial charge in [0.05, 0.1) is 36.6 Å². The van der Waals surface area contributed by atoms with Crippen molar-refractivity contribution in [2.24, 2.45) is 0 Å². The molecule has 224 valence electrons. The van der Waals surface area contributed by atoms with E-state index in [-0.39, 0.29) is 36.8 Å². The third kappa shape index (κ3) is 5.60. The number of hydrogen-bond donors (Lipinski definition) is 1. The molecule has 0 amide bonds. The molecule has 0 spiro atoms. The van der Waals surface area contributed by atoms with Crippen molar-refractivity contribution < 1.29 is 19.0 Å². The summed E-state index contributed by atoms with van der Waals surface area (Å²) in [6.07, 6.45) is 5.45. The molecule has 4 aromatic rings. The molecule has 2 aromatic carbocycles. The van der Waals surface area contributed by atoms with Crippen molar-refractivity contribution in [3.05, 3.63) is 87.3 Å². The fraction of sp³-hybridized carbons (Fsp3) is 0.455. The van der Waals surface area contributed by atoms with Gasteiger partial charge in [-0.3, -0.25) is 9.36 Å². The molecule has 3 heterocycles. The number of fused-ring (bicyclic) bond motifs is 1. The monoisotopic (exact) mass is 585 g/mol. The maximum Gasteiger partial charge on any atom is 0.259 e. The second-order valence-electron chi connectivity index (χ2n) is 11.9. The van der Waals surface area contributed by atoms with E-state index in [1.165, 1.54) is 12.4 Å². The van der Waals surface area contributed by atoms with Crippen LogP contribution in [0.2, 0.25) is 0 Å². The van der Waals surface area contributed by atoms with Crippen LogP contribution in [0.25, 0.3) is 16.9 Å². The van der Waals surface area contributed by atoms with Gasteiger partial charge in [0.2, 0.25) is 5.78 Å². The quantitative estimate of drug-likeness (QED) is 0.317. The van der Waals surface area contributed by atoms with E-state index in [9.17, 15) is 15.2 Å². The van der Waals surface area contributed by atoms with Gasteiger partial charge in [-0.1, -0.05) is 43.7 Å². The zero-order valence-corrected chi connectivity index (χ0v) is 24.5. The molecule has 6 rings (SSSR count). The second kappa shape index (κ2) is 12.0. The van der Waals surface area contributed by atoms with E-state index in [0.717, 1.165) is 25.0 Å². The maximum absolute atomic E-state index is 15.6. The second-order valence-corrected chi connectivity index (χ2v) is 11.9. The average Bonchev–Trinajstić information content (AvgIpc) is 3.62. The molecular formula is C33H36FN5O4. The van der Waals surface area contributed by atoms with E-state index in [1.54, 1.807) is 46.3 Å².